The molecule has 0 aliphatic rings. The van der Waals surface area contributed by atoms with Crippen molar-refractivity contribution in [2.75, 3.05) is 12.4 Å². The molecule has 9 nitrogen and oxygen atoms in total. The fraction of sp³-hybridized carbons (Fsp3) is 0.167. The Morgan fingerprint density at radius 1 is 1.36 bits per heavy atom. The van der Waals surface area contributed by atoms with Gasteiger partial charge in [-0.3, -0.25) is 0 Å². The highest BCUT2D eigenvalue weighted by Gasteiger charge is 2.10. The minimum Gasteiger partial charge on any atom is -0.392 e. The van der Waals surface area contributed by atoms with Crippen LogP contribution in [0.2, 0.25) is 0 Å². The van der Waals surface area contributed by atoms with Gasteiger partial charge in [0.2, 0.25) is 5.95 Å². The van der Waals surface area contributed by atoms with Gasteiger partial charge in [-0.05, 0) is 36.0 Å². The third kappa shape index (κ3) is 4.67. The highest BCUT2D eigenvalue weighted by molar-refractivity contribution is 7.80. The second-order valence-corrected chi connectivity index (χ2v) is 6.40. The van der Waals surface area contributed by atoms with Crippen LogP contribution in [-0.2, 0) is 13.7 Å². The standard InChI is InChI=1S/C18H20N8OS/c1-25-11-20-9-16(25)15-7-14(8-21-26(2)17(19)28)23-18(24-15)22-13-5-3-12(10-27)4-6-13/h3-9,11,27H,10H2,1-2H3,(H2,19,28)(H,22,23,24)/b21-8+. The number of aliphatic hydroxyl groups excluding tert-OH is 1. The van der Waals surface area contributed by atoms with Crippen molar-refractivity contribution < 1.29 is 5.11 Å². The molecule has 3 rings (SSSR count). The predicted octanol–water partition coefficient (Wildman–Crippen LogP) is 1.62. The van der Waals surface area contributed by atoms with Gasteiger partial charge in [0.15, 0.2) is 5.11 Å². The number of aliphatic hydroxyl groups is 1. The van der Waals surface area contributed by atoms with Gasteiger partial charge in [-0.1, -0.05) is 12.1 Å². The highest BCUT2D eigenvalue weighted by Crippen LogP contribution is 2.20. The van der Waals surface area contributed by atoms with E-state index in [-0.39, 0.29) is 11.7 Å². The van der Waals surface area contributed by atoms with E-state index in [1.807, 2.05) is 35.9 Å². The lowest BCUT2D eigenvalue weighted by atomic mass is 10.2. The molecule has 4 N–H and O–H groups in total. The molecule has 0 unspecified atom stereocenters. The molecular weight excluding hydrogens is 376 g/mol. The Balaban J connectivity index is 1.96. The third-order valence-electron chi connectivity index (χ3n) is 3.90. The van der Waals surface area contributed by atoms with E-state index >= 15 is 0 Å². The third-order valence-corrected chi connectivity index (χ3v) is 4.16. The molecule has 0 bridgehead atoms. The maximum Gasteiger partial charge on any atom is 0.228 e. The first-order valence-corrected chi connectivity index (χ1v) is 8.77. The molecule has 0 saturated heterocycles. The fourth-order valence-corrected chi connectivity index (χ4v) is 2.40. The molecule has 3 aromatic rings. The van der Waals surface area contributed by atoms with Crippen molar-refractivity contribution in [1.82, 2.24) is 24.5 Å². The quantitative estimate of drug-likeness (QED) is 0.327. The number of nitrogens with one attached hydrogen (secondary N) is 1. The average molecular weight is 396 g/mol. The summed E-state index contributed by atoms with van der Waals surface area (Å²) in [6, 6.07) is 9.15. The van der Waals surface area contributed by atoms with Crippen LogP contribution in [0.1, 0.15) is 11.3 Å². The fourth-order valence-electron chi connectivity index (χ4n) is 2.35. The normalized spacial score (nSPS) is 11.0. The van der Waals surface area contributed by atoms with Crippen LogP contribution in [0.3, 0.4) is 0 Å². The van der Waals surface area contributed by atoms with Crippen molar-refractivity contribution in [3.63, 3.8) is 0 Å². The van der Waals surface area contributed by atoms with Crippen LogP contribution in [0.15, 0.2) is 48.0 Å². The molecular formula is C18H20N8OS. The zero-order chi connectivity index (χ0) is 20.1. The van der Waals surface area contributed by atoms with Crippen LogP contribution in [0.5, 0.6) is 0 Å². The van der Waals surface area contributed by atoms with Crippen LogP contribution in [0.4, 0.5) is 11.6 Å². The number of imidazole rings is 1. The summed E-state index contributed by atoms with van der Waals surface area (Å²) in [7, 11) is 3.55. The first kappa shape index (κ1) is 19.4. The second-order valence-electron chi connectivity index (χ2n) is 5.98. The number of thiocarbonyl (C=S) groups is 1. The first-order chi connectivity index (χ1) is 13.5. The average Bonchev–Trinajstić information content (AvgIpc) is 3.12. The van der Waals surface area contributed by atoms with Gasteiger partial charge >= 0.3 is 0 Å². The van der Waals surface area contributed by atoms with E-state index < -0.39 is 0 Å². The molecule has 0 aliphatic carbocycles. The summed E-state index contributed by atoms with van der Waals surface area (Å²) in [6.45, 7) is -0.0100. The van der Waals surface area contributed by atoms with E-state index in [1.54, 1.807) is 31.9 Å². The van der Waals surface area contributed by atoms with E-state index in [0.717, 1.165) is 16.9 Å². The van der Waals surface area contributed by atoms with Gasteiger partial charge in [-0.25, -0.2) is 20.0 Å². The maximum absolute atomic E-state index is 9.18. The van der Waals surface area contributed by atoms with Crippen LogP contribution in [0.25, 0.3) is 11.4 Å². The number of benzene rings is 1. The van der Waals surface area contributed by atoms with Crippen molar-refractivity contribution >= 4 is 35.2 Å². The zero-order valence-corrected chi connectivity index (χ0v) is 16.3. The topological polar surface area (TPSA) is 117 Å². The maximum atomic E-state index is 9.18. The summed E-state index contributed by atoms with van der Waals surface area (Å²) in [6.07, 6.45) is 4.98. The largest absolute Gasteiger partial charge is 0.392 e. The lowest BCUT2D eigenvalue weighted by molar-refractivity contribution is 0.282. The van der Waals surface area contributed by atoms with Crippen LogP contribution >= 0.6 is 12.2 Å². The Morgan fingerprint density at radius 3 is 2.71 bits per heavy atom. The number of nitrogens with two attached hydrogens (primary N) is 1. The van der Waals surface area contributed by atoms with Crippen molar-refractivity contribution in [2.45, 2.75) is 6.61 Å². The Bertz CT molecular complexity index is 999. The van der Waals surface area contributed by atoms with Gasteiger partial charge in [-0.15, -0.1) is 0 Å². The number of nitrogens with zero attached hydrogens (tertiary/aromatic N) is 6. The zero-order valence-electron chi connectivity index (χ0n) is 15.4. The lowest BCUT2D eigenvalue weighted by Gasteiger charge is -2.11. The first-order valence-electron chi connectivity index (χ1n) is 8.36. The molecule has 0 amide bonds. The Labute approximate surface area is 167 Å². The highest BCUT2D eigenvalue weighted by atomic mass is 32.1. The molecule has 0 radical (unpaired) electrons. The number of aryl methyl sites for hydroxylation is 1. The van der Waals surface area contributed by atoms with Crippen molar-refractivity contribution in [2.24, 2.45) is 17.9 Å². The molecule has 1 aromatic carbocycles. The number of aromatic nitrogens is 4. The van der Waals surface area contributed by atoms with Gasteiger partial charge in [0, 0.05) is 19.8 Å². The van der Waals surface area contributed by atoms with E-state index in [1.165, 1.54) is 5.01 Å². The minimum atomic E-state index is -0.0100. The number of rotatable bonds is 6. The van der Waals surface area contributed by atoms with Gasteiger partial charge in [0.25, 0.3) is 0 Å². The summed E-state index contributed by atoms with van der Waals surface area (Å²) < 4.78 is 1.87. The summed E-state index contributed by atoms with van der Waals surface area (Å²) in [5.74, 6) is 0.398. The number of anilines is 2. The molecule has 0 fully saturated rings. The summed E-state index contributed by atoms with van der Waals surface area (Å²) in [4.78, 5) is 13.2. The molecule has 2 aromatic heterocycles. The monoisotopic (exact) mass is 396 g/mol. The molecule has 2 heterocycles. The summed E-state index contributed by atoms with van der Waals surface area (Å²) in [5.41, 5.74) is 9.26. The molecule has 10 heteroatoms. The van der Waals surface area contributed by atoms with Gasteiger partial charge in [0.1, 0.15) is 0 Å². The number of hydrazone groups is 1. The smallest absolute Gasteiger partial charge is 0.228 e. The van der Waals surface area contributed by atoms with E-state index in [0.29, 0.717) is 17.3 Å². The van der Waals surface area contributed by atoms with Gasteiger partial charge < -0.3 is 20.7 Å². The molecule has 0 spiro atoms. The molecule has 144 valence electrons. The lowest BCUT2D eigenvalue weighted by Crippen LogP contribution is -2.27. The van der Waals surface area contributed by atoms with Crippen molar-refractivity contribution in [3.05, 3.63) is 54.1 Å². The van der Waals surface area contributed by atoms with Crippen LogP contribution in [0, 0.1) is 0 Å². The van der Waals surface area contributed by atoms with Crippen molar-refractivity contribution in [1.29, 1.82) is 0 Å². The summed E-state index contributed by atoms with van der Waals surface area (Å²) in [5, 5.41) is 18.1. The number of hydrogen-bond donors (Lipinski definition) is 3. The number of hydrogen-bond acceptors (Lipinski definition) is 7. The molecule has 0 aliphatic heterocycles. The van der Waals surface area contributed by atoms with Crippen LogP contribution in [-0.4, -0.2) is 48.0 Å². The Kier molecular flexibility index (Phi) is 5.92. The van der Waals surface area contributed by atoms with E-state index in [2.05, 4.69) is 25.4 Å². The van der Waals surface area contributed by atoms with Gasteiger partial charge in [0.05, 0.1) is 42.4 Å². The second kappa shape index (κ2) is 8.55. The van der Waals surface area contributed by atoms with E-state index in [9.17, 15) is 5.11 Å². The SMILES string of the molecule is CN(/N=C/c1cc(-c2cncn2C)nc(Nc2ccc(CO)cc2)n1)C(N)=S. The Morgan fingerprint density at radius 2 is 2.11 bits per heavy atom. The predicted molar refractivity (Wildman–Crippen MR) is 112 cm³/mol. The molecule has 28 heavy (non-hydrogen) atoms. The van der Waals surface area contributed by atoms with E-state index in [4.69, 9.17) is 18.0 Å². The molecule has 0 atom stereocenters. The molecule has 0 saturated carbocycles. The Hall–Kier alpha value is -3.37. The van der Waals surface area contributed by atoms with Crippen molar-refractivity contribution in [3.8, 4) is 11.4 Å². The van der Waals surface area contributed by atoms with Gasteiger partial charge in [-0.2, -0.15) is 5.10 Å². The van der Waals surface area contributed by atoms with Crippen LogP contribution < -0.4 is 11.1 Å². The minimum absolute atomic E-state index is 0.0100. The summed E-state index contributed by atoms with van der Waals surface area (Å²) >= 11 is 4.89.